The lowest BCUT2D eigenvalue weighted by molar-refractivity contribution is -0.0448. The van der Waals surface area contributed by atoms with Crippen molar-refractivity contribution in [3.05, 3.63) is 17.5 Å². The number of nitrogens with zero attached hydrogens (tertiary/aromatic N) is 1. The SMILES string of the molecule is O=S(=O)(NC[C@H]1CN2CCC[C@@H]2CO1)c1cccs1. The van der Waals surface area contributed by atoms with Crippen molar-refractivity contribution in [3.8, 4) is 0 Å². The van der Waals surface area contributed by atoms with E-state index in [1.165, 1.54) is 24.2 Å². The molecule has 0 spiro atoms. The lowest BCUT2D eigenvalue weighted by atomic mass is 10.2. The average Bonchev–Trinajstić information content (AvgIpc) is 3.07. The van der Waals surface area contributed by atoms with Gasteiger partial charge in [-0.2, -0.15) is 0 Å². The molecular formula is C12H18N2O3S2. The monoisotopic (exact) mass is 302 g/mol. The molecule has 0 unspecified atom stereocenters. The maximum Gasteiger partial charge on any atom is 0.250 e. The number of nitrogens with one attached hydrogen (secondary N) is 1. The highest BCUT2D eigenvalue weighted by Gasteiger charge is 2.32. The van der Waals surface area contributed by atoms with Crippen molar-refractivity contribution in [2.45, 2.75) is 29.2 Å². The van der Waals surface area contributed by atoms with E-state index in [0.29, 0.717) is 16.8 Å². The smallest absolute Gasteiger partial charge is 0.250 e. The fourth-order valence-corrected chi connectivity index (χ4v) is 4.80. The van der Waals surface area contributed by atoms with Crippen molar-refractivity contribution in [1.82, 2.24) is 9.62 Å². The van der Waals surface area contributed by atoms with Gasteiger partial charge in [-0.1, -0.05) is 6.07 Å². The fraction of sp³-hybridized carbons (Fsp3) is 0.667. The normalized spacial score (nSPS) is 28.4. The first kappa shape index (κ1) is 13.5. The van der Waals surface area contributed by atoms with Crippen LogP contribution in [0.25, 0.3) is 0 Å². The molecule has 2 saturated heterocycles. The zero-order valence-electron chi connectivity index (χ0n) is 10.6. The highest BCUT2D eigenvalue weighted by molar-refractivity contribution is 7.91. The van der Waals surface area contributed by atoms with Gasteiger partial charge in [0.25, 0.3) is 0 Å². The third kappa shape index (κ3) is 3.00. The van der Waals surface area contributed by atoms with Crippen LogP contribution in [0.5, 0.6) is 0 Å². The maximum atomic E-state index is 12.0. The van der Waals surface area contributed by atoms with Crippen LogP contribution in [0.2, 0.25) is 0 Å². The molecule has 1 aromatic rings. The molecule has 106 valence electrons. The number of hydrogen-bond acceptors (Lipinski definition) is 5. The van der Waals surface area contributed by atoms with E-state index in [1.807, 2.05) is 0 Å². The van der Waals surface area contributed by atoms with Crippen LogP contribution in [0, 0.1) is 0 Å². The van der Waals surface area contributed by atoms with Crippen LogP contribution in [0.1, 0.15) is 12.8 Å². The standard InChI is InChI=1S/C12H18N2O3S2/c15-19(16,12-4-2-6-18-12)13-7-11-8-14-5-1-3-10(14)9-17-11/h2,4,6,10-11,13H,1,3,5,7-9H2/t10-,11+/m1/s1. The number of sulfonamides is 1. The van der Waals surface area contributed by atoms with Crippen LogP contribution < -0.4 is 4.72 Å². The molecule has 0 amide bonds. The molecule has 7 heteroatoms. The lowest BCUT2D eigenvalue weighted by Crippen LogP contribution is -2.49. The summed E-state index contributed by atoms with van der Waals surface area (Å²) in [5, 5.41) is 1.76. The summed E-state index contributed by atoms with van der Waals surface area (Å²) in [6.07, 6.45) is 2.39. The van der Waals surface area contributed by atoms with Gasteiger partial charge in [-0.15, -0.1) is 11.3 Å². The van der Waals surface area contributed by atoms with Crippen LogP contribution in [0.3, 0.4) is 0 Å². The molecule has 2 aliphatic rings. The third-order valence-electron chi connectivity index (χ3n) is 3.72. The Morgan fingerprint density at radius 1 is 1.53 bits per heavy atom. The Hall–Kier alpha value is -0.470. The van der Waals surface area contributed by atoms with Gasteiger partial charge in [0.05, 0.1) is 12.7 Å². The quantitative estimate of drug-likeness (QED) is 0.897. The van der Waals surface area contributed by atoms with Gasteiger partial charge < -0.3 is 4.74 Å². The second kappa shape index (κ2) is 5.49. The minimum atomic E-state index is -3.37. The lowest BCUT2D eigenvalue weighted by Gasteiger charge is -2.35. The molecular weight excluding hydrogens is 284 g/mol. The Morgan fingerprint density at radius 2 is 2.42 bits per heavy atom. The molecule has 0 saturated carbocycles. The molecule has 3 heterocycles. The zero-order valence-corrected chi connectivity index (χ0v) is 12.3. The Labute approximate surface area is 117 Å². The number of rotatable bonds is 4. The van der Waals surface area contributed by atoms with Gasteiger partial charge in [0, 0.05) is 19.1 Å². The molecule has 5 nitrogen and oxygen atoms in total. The molecule has 1 N–H and O–H groups in total. The van der Waals surface area contributed by atoms with Crippen molar-refractivity contribution < 1.29 is 13.2 Å². The molecule has 2 aliphatic heterocycles. The summed E-state index contributed by atoms with van der Waals surface area (Å²) in [7, 11) is -3.37. The second-order valence-corrected chi connectivity index (χ2v) is 7.97. The van der Waals surface area contributed by atoms with E-state index in [1.54, 1.807) is 17.5 Å². The number of morpholine rings is 1. The van der Waals surface area contributed by atoms with E-state index in [-0.39, 0.29) is 6.10 Å². The first-order chi connectivity index (χ1) is 9.15. The van der Waals surface area contributed by atoms with Gasteiger partial charge in [-0.05, 0) is 30.8 Å². The van der Waals surface area contributed by atoms with E-state index in [2.05, 4.69) is 9.62 Å². The van der Waals surface area contributed by atoms with Crippen molar-refractivity contribution in [2.75, 3.05) is 26.2 Å². The minimum absolute atomic E-state index is 0.0379. The van der Waals surface area contributed by atoms with E-state index < -0.39 is 10.0 Å². The molecule has 1 aromatic heterocycles. The van der Waals surface area contributed by atoms with Crippen molar-refractivity contribution in [3.63, 3.8) is 0 Å². The zero-order chi connectivity index (χ0) is 13.3. The second-order valence-electron chi connectivity index (χ2n) is 5.03. The van der Waals surface area contributed by atoms with Crippen LogP contribution in [-0.2, 0) is 14.8 Å². The topological polar surface area (TPSA) is 58.6 Å². The number of thiophene rings is 1. The van der Waals surface area contributed by atoms with Crippen LogP contribution >= 0.6 is 11.3 Å². The summed E-state index contributed by atoms with van der Waals surface area (Å²) < 4.78 is 32.7. The van der Waals surface area contributed by atoms with Gasteiger partial charge in [0.2, 0.25) is 10.0 Å². The summed E-state index contributed by atoms with van der Waals surface area (Å²) in [6, 6.07) is 3.90. The molecule has 2 atom stereocenters. The van der Waals surface area contributed by atoms with Crippen molar-refractivity contribution >= 4 is 21.4 Å². The molecule has 0 aromatic carbocycles. The first-order valence-corrected chi connectivity index (χ1v) is 8.90. The number of ether oxygens (including phenoxy) is 1. The van der Waals surface area contributed by atoms with Crippen molar-refractivity contribution in [2.24, 2.45) is 0 Å². The number of fused-ring (bicyclic) bond motifs is 1. The van der Waals surface area contributed by atoms with Gasteiger partial charge in [-0.3, -0.25) is 4.90 Å². The fourth-order valence-electron chi connectivity index (χ4n) is 2.70. The van der Waals surface area contributed by atoms with Crippen LogP contribution in [0.4, 0.5) is 0 Å². The summed E-state index contributed by atoms with van der Waals surface area (Å²) >= 11 is 1.23. The summed E-state index contributed by atoms with van der Waals surface area (Å²) in [4.78, 5) is 2.41. The van der Waals surface area contributed by atoms with E-state index in [4.69, 9.17) is 4.74 Å². The van der Waals surface area contributed by atoms with Crippen LogP contribution in [-0.4, -0.2) is 51.7 Å². The predicted octanol–water partition coefficient (Wildman–Crippen LogP) is 0.890. The molecule has 0 bridgehead atoms. The van der Waals surface area contributed by atoms with Gasteiger partial charge in [0.15, 0.2) is 0 Å². The highest BCUT2D eigenvalue weighted by atomic mass is 32.2. The van der Waals surface area contributed by atoms with E-state index >= 15 is 0 Å². The number of hydrogen-bond donors (Lipinski definition) is 1. The van der Waals surface area contributed by atoms with Gasteiger partial charge >= 0.3 is 0 Å². The Kier molecular flexibility index (Phi) is 3.91. The summed E-state index contributed by atoms with van der Waals surface area (Å²) in [5.41, 5.74) is 0. The third-order valence-corrected chi connectivity index (χ3v) is 6.54. The van der Waals surface area contributed by atoms with Crippen molar-refractivity contribution in [1.29, 1.82) is 0 Å². The van der Waals surface area contributed by atoms with E-state index in [0.717, 1.165) is 19.7 Å². The average molecular weight is 302 g/mol. The maximum absolute atomic E-state index is 12.0. The predicted molar refractivity (Wildman–Crippen MR) is 73.8 cm³/mol. The largest absolute Gasteiger partial charge is 0.374 e. The van der Waals surface area contributed by atoms with E-state index in [9.17, 15) is 8.42 Å². The molecule has 3 rings (SSSR count). The molecule has 2 fully saturated rings. The summed E-state index contributed by atoms with van der Waals surface area (Å²) in [5.74, 6) is 0. The Morgan fingerprint density at radius 3 is 3.21 bits per heavy atom. The molecule has 0 radical (unpaired) electrons. The Bertz CT molecular complexity index is 515. The van der Waals surface area contributed by atoms with Crippen LogP contribution in [0.15, 0.2) is 21.7 Å². The Balaban J connectivity index is 1.55. The minimum Gasteiger partial charge on any atom is -0.374 e. The summed E-state index contributed by atoms with van der Waals surface area (Å²) in [6.45, 7) is 3.02. The first-order valence-electron chi connectivity index (χ1n) is 6.54. The van der Waals surface area contributed by atoms with Gasteiger partial charge in [0.1, 0.15) is 4.21 Å². The van der Waals surface area contributed by atoms with Gasteiger partial charge in [-0.25, -0.2) is 13.1 Å². The highest BCUT2D eigenvalue weighted by Crippen LogP contribution is 2.22. The molecule has 0 aliphatic carbocycles. The molecule has 19 heavy (non-hydrogen) atoms.